The molecular formula is C24H50O3. The van der Waals surface area contributed by atoms with E-state index < -0.39 is 6.10 Å². The number of aliphatic hydroxyl groups excluding tert-OH is 2. The lowest BCUT2D eigenvalue weighted by molar-refractivity contribution is -0.00677. The van der Waals surface area contributed by atoms with Gasteiger partial charge < -0.3 is 14.9 Å². The predicted molar refractivity (Wildman–Crippen MR) is 117 cm³/mol. The lowest BCUT2D eigenvalue weighted by Crippen LogP contribution is -2.22. The van der Waals surface area contributed by atoms with Crippen LogP contribution >= 0.6 is 0 Å². The molecule has 0 saturated carbocycles. The van der Waals surface area contributed by atoms with E-state index in [2.05, 4.69) is 13.8 Å². The zero-order valence-corrected chi connectivity index (χ0v) is 18.6. The molecule has 2 N–H and O–H groups in total. The van der Waals surface area contributed by atoms with Crippen LogP contribution in [0.15, 0.2) is 0 Å². The number of hydrogen-bond donors (Lipinski definition) is 2. The summed E-state index contributed by atoms with van der Waals surface area (Å²) in [5.41, 5.74) is 0. The molecule has 0 heterocycles. The summed E-state index contributed by atoms with van der Waals surface area (Å²) in [6, 6.07) is 0. The molecule has 0 aliphatic heterocycles. The van der Waals surface area contributed by atoms with E-state index in [1.165, 1.54) is 109 Å². The van der Waals surface area contributed by atoms with Gasteiger partial charge in [-0.15, -0.1) is 0 Å². The fraction of sp³-hybridized carbons (Fsp3) is 1.00. The largest absolute Gasteiger partial charge is 0.394 e. The monoisotopic (exact) mass is 386 g/mol. The molecule has 0 amide bonds. The van der Waals surface area contributed by atoms with Crippen LogP contribution in [-0.2, 0) is 4.74 Å². The van der Waals surface area contributed by atoms with Gasteiger partial charge in [0.1, 0.15) is 6.10 Å². The third-order valence-electron chi connectivity index (χ3n) is 5.56. The first kappa shape index (κ1) is 26.9. The maximum Gasteiger partial charge on any atom is 0.100 e. The zero-order valence-electron chi connectivity index (χ0n) is 18.6. The number of unbranched alkanes of at least 4 members (excludes halogenated alkanes) is 13. The molecule has 0 aliphatic carbocycles. The number of aliphatic hydroxyl groups is 2. The normalized spacial score (nSPS) is 13.8. The first-order valence-electron chi connectivity index (χ1n) is 12.1. The number of hydrogen-bond acceptors (Lipinski definition) is 3. The maximum absolute atomic E-state index is 9.44. The van der Waals surface area contributed by atoms with Crippen LogP contribution in [0.25, 0.3) is 0 Å². The maximum atomic E-state index is 9.44. The molecule has 0 fully saturated rings. The van der Waals surface area contributed by atoms with Crippen molar-refractivity contribution in [2.45, 2.75) is 129 Å². The second-order valence-electron chi connectivity index (χ2n) is 8.41. The molecule has 0 aromatic heterocycles. The van der Waals surface area contributed by atoms with Crippen molar-refractivity contribution in [3.8, 4) is 0 Å². The van der Waals surface area contributed by atoms with E-state index in [4.69, 9.17) is 9.84 Å². The van der Waals surface area contributed by atoms with Gasteiger partial charge >= 0.3 is 0 Å². The van der Waals surface area contributed by atoms with Crippen LogP contribution in [0.5, 0.6) is 0 Å². The van der Waals surface area contributed by atoms with Crippen molar-refractivity contribution in [2.24, 2.45) is 5.92 Å². The van der Waals surface area contributed by atoms with Gasteiger partial charge in [0, 0.05) is 6.61 Å². The van der Waals surface area contributed by atoms with Crippen LogP contribution in [0.3, 0.4) is 0 Å². The third kappa shape index (κ3) is 20.4. The molecular weight excluding hydrogens is 336 g/mol. The van der Waals surface area contributed by atoms with Crippen molar-refractivity contribution in [3.05, 3.63) is 0 Å². The van der Waals surface area contributed by atoms with Gasteiger partial charge in [0.05, 0.1) is 13.2 Å². The van der Waals surface area contributed by atoms with Gasteiger partial charge in [-0.3, -0.25) is 0 Å². The van der Waals surface area contributed by atoms with E-state index in [-0.39, 0.29) is 13.2 Å². The molecule has 3 heteroatoms. The van der Waals surface area contributed by atoms with E-state index in [0.29, 0.717) is 5.92 Å². The summed E-state index contributed by atoms with van der Waals surface area (Å²) in [6.45, 7) is 5.33. The molecule has 164 valence electrons. The van der Waals surface area contributed by atoms with Crippen LogP contribution in [0.1, 0.15) is 123 Å². The molecule has 0 rings (SSSR count). The second-order valence-corrected chi connectivity index (χ2v) is 8.41. The Bertz CT molecular complexity index is 270. The summed E-state index contributed by atoms with van der Waals surface area (Å²) < 4.78 is 5.67. The van der Waals surface area contributed by atoms with Gasteiger partial charge in [-0.2, -0.15) is 0 Å². The molecule has 0 aliphatic rings. The van der Waals surface area contributed by atoms with Gasteiger partial charge in [0.2, 0.25) is 0 Å². The molecule has 0 bridgehead atoms. The van der Waals surface area contributed by atoms with E-state index in [1.54, 1.807) is 0 Å². The van der Waals surface area contributed by atoms with Gasteiger partial charge in [-0.25, -0.2) is 0 Å². The van der Waals surface area contributed by atoms with Crippen molar-refractivity contribution >= 4 is 0 Å². The fourth-order valence-electron chi connectivity index (χ4n) is 3.69. The highest BCUT2D eigenvalue weighted by Gasteiger charge is 2.10. The van der Waals surface area contributed by atoms with Crippen molar-refractivity contribution < 1.29 is 14.9 Å². The van der Waals surface area contributed by atoms with Crippen LogP contribution in [0.2, 0.25) is 0 Å². The van der Waals surface area contributed by atoms with Crippen LogP contribution in [-0.4, -0.2) is 36.1 Å². The lowest BCUT2D eigenvalue weighted by atomic mass is 9.94. The van der Waals surface area contributed by atoms with E-state index >= 15 is 0 Å². The Morgan fingerprint density at radius 2 is 1.00 bits per heavy atom. The highest BCUT2D eigenvalue weighted by molar-refractivity contribution is 4.61. The van der Waals surface area contributed by atoms with E-state index in [0.717, 1.165) is 6.61 Å². The fourth-order valence-corrected chi connectivity index (χ4v) is 3.69. The van der Waals surface area contributed by atoms with Crippen LogP contribution < -0.4 is 0 Å². The predicted octanol–water partition coefficient (Wildman–Crippen LogP) is 6.64. The molecule has 27 heavy (non-hydrogen) atoms. The summed E-state index contributed by atoms with van der Waals surface area (Å²) in [5.74, 6) is 0.617. The van der Waals surface area contributed by atoms with Crippen molar-refractivity contribution in [3.63, 3.8) is 0 Å². The van der Waals surface area contributed by atoms with Crippen molar-refractivity contribution in [2.75, 3.05) is 19.8 Å². The van der Waals surface area contributed by atoms with Gasteiger partial charge in [0.25, 0.3) is 0 Å². The smallest absolute Gasteiger partial charge is 0.100 e. The minimum absolute atomic E-state index is 0.208. The van der Waals surface area contributed by atoms with Gasteiger partial charge in [0.15, 0.2) is 0 Å². The lowest BCUT2D eigenvalue weighted by Gasteiger charge is -2.18. The standard InChI is InChI=1S/C24H50O3/c1-3-5-7-9-11-12-13-15-17-19-23(21-27-22-24(26)20-25)18-16-14-10-8-6-4-2/h23-26H,3-22H2,1-2H3. The summed E-state index contributed by atoms with van der Waals surface area (Å²) in [4.78, 5) is 0. The summed E-state index contributed by atoms with van der Waals surface area (Å²) in [7, 11) is 0. The Hall–Kier alpha value is -0.120. The first-order chi connectivity index (χ1) is 13.2. The van der Waals surface area contributed by atoms with Crippen LogP contribution in [0.4, 0.5) is 0 Å². The minimum atomic E-state index is -0.729. The minimum Gasteiger partial charge on any atom is -0.394 e. The molecule has 0 spiro atoms. The molecule has 3 nitrogen and oxygen atoms in total. The first-order valence-corrected chi connectivity index (χ1v) is 12.1. The number of rotatable bonds is 22. The quantitative estimate of drug-likeness (QED) is 0.205. The Morgan fingerprint density at radius 1 is 0.593 bits per heavy atom. The molecule has 0 saturated heterocycles. The highest BCUT2D eigenvalue weighted by atomic mass is 16.5. The molecule has 0 aromatic carbocycles. The molecule has 2 unspecified atom stereocenters. The van der Waals surface area contributed by atoms with E-state index in [9.17, 15) is 5.11 Å². The van der Waals surface area contributed by atoms with Crippen molar-refractivity contribution in [1.29, 1.82) is 0 Å². The summed E-state index contributed by atoms with van der Waals surface area (Å²) in [6.07, 6.45) is 22.2. The summed E-state index contributed by atoms with van der Waals surface area (Å²) >= 11 is 0. The topological polar surface area (TPSA) is 49.7 Å². The second kappa shape index (κ2) is 22.2. The Balaban J connectivity index is 3.79. The molecule has 0 aromatic rings. The average Bonchev–Trinajstić information content (AvgIpc) is 2.68. The van der Waals surface area contributed by atoms with Crippen LogP contribution in [0, 0.1) is 5.92 Å². The average molecular weight is 387 g/mol. The third-order valence-corrected chi connectivity index (χ3v) is 5.56. The molecule has 0 radical (unpaired) electrons. The van der Waals surface area contributed by atoms with E-state index in [1.807, 2.05) is 0 Å². The van der Waals surface area contributed by atoms with Crippen molar-refractivity contribution in [1.82, 2.24) is 0 Å². The SMILES string of the molecule is CCCCCCCCCCCC(CCCCCCCC)COCC(O)CO. The van der Waals surface area contributed by atoms with Gasteiger partial charge in [-0.05, 0) is 18.8 Å². The summed E-state index contributed by atoms with van der Waals surface area (Å²) in [5, 5.41) is 18.3. The zero-order chi connectivity index (χ0) is 20.0. The highest BCUT2D eigenvalue weighted by Crippen LogP contribution is 2.20. The Kier molecular flexibility index (Phi) is 22.1. The number of ether oxygens (including phenoxy) is 1. The Morgan fingerprint density at radius 3 is 1.41 bits per heavy atom. The van der Waals surface area contributed by atoms with Gasteiger partial charge in [-0.1, -0.05) is 110 Å². The Labute approximate surface area is 170 Å². The molecule has 2 atom stereocenters.